The molecule has 1 fully saturated rings. The van der Waals surface area contributed by atoms with Crippen LogP contribution in [0.15, 0.2) is 24.3 Å². The highest BCUT2D eigenvalue weighted by molar-refractivity contribution is 7.47. The third-order valence-corrected chi connectivity index (χ3v) is 3.53. The van der Waals surface area contributed by atoms with Crippen LogP contribution in [-0.2, 0) is 9.98 Å². The van der Waals surface area contributed by atoms with Crippen LogP contribution in [0.25, 0.3) is 0 Å². The van der Waals surface area contributed by atoms with Crippen molar-refractivity contribution >= 4 is 13.3 Å². The number of nitrogens with zero attached hydrogens (tertiary/aromatic N) is 1. The maximum Gasteiger partial charge on any atom is 0.218 e. The first-order valence-electron chi connectivity index (χ1n) is 4.44. The summed E-state index contributed by atoms with van der Waals surface area (Å²) in [7, 11) is -2.70. The van der Waals surface area contributed by atoms with Crippen molar-refractivity contribution in [2.75, 3.05) is 0 Å². The van der Waals surface area contributed by atoms with Crippen LogP contribution in [0.5, 0.6) is 0 Å². The van der Waals surface area contributed by atoms with Gasteiger partial charge in [-0.15, -0.1) is 0 Å². The van der Waals surface area contributed by atoms with Crippen LogP contribution in [0.4, 0.5) is 0 Å². The molecular weight excluding hydrogens is 197 g/mol. The Balaban J connectivity index is 2.54. The normalized spacial score (nSPS) is 19.7. The minimum Gasteiger partial charge on any atom is -0.343 e. The van der Waals surface area contributed by atoms with Gasteiger partial charge in [0.1, 0.15) is 0 Å². The lowest BCUT2D eigenvalue weighted by Gasteiger charge is -2.09. The molecule has 0 bridgehead atoms. The first kappa shape index (κ1) is 9.45. The van der Waals surface area contributed by atoms with Crippen molar-refractivity contribution in [1.29, 1.82) is 5.26 Å². The van der Waals surface area contributed by atoms with Gasteiger partial charge in [-0.05, 0) is 24.5 Å². The minimum atomic E-state index is -2.70. The van der Waals surface area contributed by atoms with Crippen molar-refractivity contribution in [1.82, 2.24) is 0 Å². The molecule has 1 aliphatic rings. The Bertz CT molecular complexity index is 432. The summed E-state index contributed by atoms with van der Waals surface area (Å²) in [6, 6.07) is 9.18. The Labute approximate surface area is 82.9 Å². The highest BCUT2D eigenvalue weighted by atomic mass is 31.1. The second-order valence-corrected chi connectivity index (χ2v) is 4.69. The van der Waals surface area contributed by atoms with E-state index in [1.54, 1.807) is 24.3 Å². The van der Waals surface area contributed by atoms with Crippen molar-refractivity contribution in [3.05, 3.63) is 29.8 Å². The summed E-state index contributed by atoms with van der Waals surface area (Å²) in [5, 5.41) is 9.44. The highest BCUT2D eigenvalue weighted by Gasteiger charge is 2.46. The van der Waals surface area contributed by atoms with E-state index in [1.807, 2.05) is 0 Å². The van der Waals surface area contributed by atoms with Crippen molar-refractivity contribution in [2.45, 2.75) is 18.3 Å². The molecule has 1 aromatic rings. The van der Waals surface area contributed by atoms with Crippen LogP contribution >= 0.6 is 8.03 Å². The summed E-state index contributed by atoms with van der Waals surface area (Å²) in [5.41, 5.74) is 0.272. The van der Waals surface area contributed by atoms with E-state index in [9.17, 15) is 4.57 Å². The zero-order valence-electron chi connectivity index (χ0n) is 7.53. The van der Waals surface area contributed by atoms with Gasteiger partial charge in [0.05, 0.1) is 11.5 Å². The molecule has 0 saturated heterocycles. The maximum absolute atomic E-state index is 11.1. The monoisotopic (exact) mass is 207 g/mol. The van der Waals surface area contributed by atoms with Gasteiger partial charge in [-0.25, -0.2) is 0 Å². The molecule has 1 atom stereocenters. The molecule has 1 aliphatic carbocycles. The molecule has 72 valence electrons. The molecule has 3 nitrogen and oxygen atoms in total. The topological polar surface area (TPSA) is 61.1 Å². The Morgan fingerprint density at radius 2 is 2.07 bits per heavy atom. The summed E-state index contributed by atoms with van der Waals surface area (Å²) < 4.78 is 11.1. The Kier molecular flexibility index (Phi) is 2.19. The number of rotatable bonds is 2. The van der Waals surface area contributed by atoms with Gasteiger partial charge >= 0.3 is 0 Å². The van der Waals surface area contributed by atoms with Gasteiger partial charge in [0.15, 0.2) is 0 Å². The summed E-state index contributed by atoms with van der Waals surface area (Å²) >= 11 is 0. The van der Waals surface area contributed by atoms with Crippen molar-refractivity contribution in [3.8, 4) is 6.07 Å². The molecule has 0 amide bonds. The van der Waals surface area contributed by atoms with E-state index in [0.717, 1.165) is 18.4 Å². The van der Waals surface area contributed by atoms with Gasteiger partial charge in [0, 0.05) is 5.30 Å². The molecule has 0 radical (unpaired) electrons. The van der Waals surface area contributed by atoms with E-state index in [1.165, 1.54) is 0 Å². The third kappa shape index (κ3) is 1.37. The third-order valence-electron chi connectivity index (χ3n) is 2.64. The van der Waals surface area contributed by atoms with E-state index in [4.69, 9.17) is 10.2 Å². The maximum atomic E-state index is 11.1. The van der Waals surface area contributed by atoms with Crippen LogP contribution in [0.3, 0.4) is 0 Å². The molecule has 1 N–H and O–H groups in total. The standard InChI is InChI=1S/C10H10NO2P/c11-7-10(5-6-10)8-3-1-2-4-9(8)14(12)13/h1-4,14H,5-6H2,(H,12,13). The first-order valence-corrected chi connectivity index (χ1v) is 5.79. The molecular formula is C10H10NO2P. The van der Waals surface area contributed by atoms with E-state index in [0.29, 0.717) is 5.30 Å². The molecule has 0 aliphatic heterocycles. The van der Waals surface area contributed by atoms with E-state index >= 15 is 0 Å². The fourth-order valence-corrected chi connectivity index (χ4v) is 2.45. The summed E-state index contributed by atoms with van der Waals surface area (Å²) in [6.45, 7) is 0. The van der Waals surface area contributed by atoms with Gasteiger partial charge < -0.3 is 4.89 Å². The van der Waals surface area contributed by atoms with Gasteiger partial charge in [-0.1, -0.05) is 18.2 Å². The number of hydrogen-bond donors (Lipinski definition) is 1. The van der Waals surface area contributed by atoms with Crippen LogP contribution in [0.2, 0.25) is 0 Å². The number of benzene rings is 1. The molecule has 1 saturated carbocycles. The van der Waals surface area contributed by atoms with E-state index in [-0.39, 0.29) is 0 Å². The van der Waals surface area contributed by atoms with Crippen LogP contribution < -0.4 is 5.30 Å². The second-order valence-electron chi connectivity index (χ2n) is 3.54. The SMILES string of the molecule is N#CC1(c2ccccc2[PH](=O)O)CC1. The fourth-order valence-electron chi connectivity index (χ4n) is 1.65. The van der Waals surface area contributed by atoms with Gasteiger partial charge in [-0.3, -0.25) is 4.57 Å². The molecule has 1 aromatic carbocycles. The lowest BCUT2D eigenvalue weighted by Crippen LogP contribution is -2.14. The van der Waals surface area contributed by atoms with Gasteiger partial charge in [0.2, 0.25) is 8.03 Å². The molecule has 14 heavy (non-hydrogen) atoms. The molecule has 0 spiro atoms. The molecule has 2 rings (SSSR count). The van der Waals surface area contributed by atoms with Gasteiger partial charge in [0.25, 0.3) is 0 Å². The van der Waals surface area contributed by atoms with E-state index in [2.05, 4.69) is 6.07 Å². The predicted molar refractivity (Wildman–Crippen MR) is 53.8 cm³/mol. The smallest absolute Gasteiger partial charge is 0.218 e. The fraction of sp³-hybridized carbons (Fsp3) is 0.300. The zero-order chi connectivity index (χ0) is 10.2. The average Bonchev–Trinajstić information content (AvgIpc) is 2.98. The minimum absolute atomic E-state index is 0.441. The highest BCUT2D eigenvalue weighted by Crippen LogP contribution is 2.47. The average molecular weight is 207 g/mol. The van der Waals surface area contributed by atoms with Crippen LogP contribution in [-0.4, -0.2) is 4.89 Å². The number of nitriles is 1. The van der Waals surface area contributed by atoms with Crippen LogP contribution in [0.1, 0.15) is 18.4 Å². The quantitative estimate of drug-likeness (QED) is 0.744. The Morgan fingerprint density at radius 1 is 1.43 bits per heavy atom. The Hall–Kier alpha value is -1.10. The van der Waals surface area contributed by atoms with Crippen LogP contribution in [0, 0.1) is 11.3 Å². The molecule has 1 unspecified atom stereocenters. The summed E-state index contributed by atoms with van der Waals surface area (Å²) in [6.07, 6.45) is 1.60. The van der Waals surface area contributed by atoms with Crippen molar-refractivity contribution in [2.24, 2.45) is 0 Å². The van der Waals surface area contributed by atoms with Gasteiger partial charge in [-0.2, -0.15) is 5.26 Å². The molecule has 0 aromatic heterocycles. The van der Waals surface area contributed by atoms with E-state index < -0.39 is 13.4 Å². The second kappa shape index (κ2) is 3.24. The number of hydrogen-bond acceptors (Lipinski definition) is 2. The Morgan fingerprint density at radius 3 is 2.57 bits per heavy atom. The van der Waals surface area contributed by atoms with Crippen molar-refractivity contribution < 1.29 is 9.46 Å². The lowest BCUT2D eigenvalue weighted by molar-refractivity contribution is 0.513. The lowest BCUT2D eigenvalue weighted by atomic mass is 9.98. The zero-order valence-corrected chi connectivity index (χ0v) is 8.53. The summed E-state index contributed by atoms with van der Waals surface area (Å²) in [4.78, 5) is 9.13. The molecule has 4 heteroatoms. The summed E-state index contributed by atoms with van der Waals surface area (Å²) in [5.74, 6) is 0. The largest absolute Gasteiger partial charge is 0.343 e. The predicted octanol–water partition coefficient (Wildman–Crippen LogP) is 1.33. The molecule has 0 heterocycles. The van der Waals surface area contributed by atoms with Crippen molar-refractivity contribution in [3.63, 3.8) is 0 Å². The first-order chi connectivity index (χ1) is 6.69.